The van der Waals surface area contributed by atoms with Crippen molar-refractivity contribution in [3.63, 3.8) is 0 Å². The molecule has 1 aliphatic heterocycles. The Labute approximate surface area is 124 Å². The zero-order valence-electron chi connectivity index (χ0n) is 12.9. The zero-order chi connectivity index (χ0) is 15.7. The molecule has 1 saturated heterocycles. The third kappa shape index (κ3) is 3.09. The molecule has 21 heavy (non-hydrogen) atoms. The number of likely N-dealkylation sites (tertiary alicyclic amines) is 1. The SMILES string of the molecule is Cc1noc(C(C)C)c1C(=O)N1CC(C)CC(C(=O)O)C1. The van der Waals surface area contributed by atoms with Crippen molar-refractivity contribution >= 4 is 11.9 Å². The number of carbonyl (C=O) groups excluding carboxylic acids is 1. The molecule has 6 nitrogen and oxygen atoms in total. The molecule has 1 aromatic heterocycles. The fraction of sp³-hybridized carbons (Fsp3) is 0.667. The summed E-state index contributed by atoms with van der Waals surface area (Å²) in [5.41, 5.74) is 1.05. The second kappa shape index (κ2) is 5.87. The van der Waals surface area contributed by atoms with Gasteiger partial charge in [-0.1, -0.05) is 25.9 Å². The summed E-state index contributed by atoms with van der Waals surface area (Å²) >= 11 is 0. The van der Waals surface area contributed by atoms with Crippen LogP contribution in [0.3, 0.4) is 0 Å². The monoisotopic (exact) mass is 294 g/mol. The second-order valence-electron chi connectivity index (χ2n) is 6.25. The molecule has 0 spiro atoms. The smallest absolute Gasteiger partial charge is 0.308 e. The molecule has 2 heterocycles. The van der Waals surface area contributed by atoms with Crippen molar-refractivity contribution in [2.45, 2.75) is 40.0 Å². The highest BCUT2D eigenvalue weighted by Gasteiger charge is 2.34. The van der Waals surface area contributed by atoms with Gasteiger partial charge in [0.2, 0.25) is 0 Å². The molecule has 1 amide bonds. The fourth-order valence-corrected chi connectivity index (χ4v) is 2.90. The lowest BCUT2D eigenvalue weighted by molar-refractivity contribution is -0.143. The van der Waals surface area contributed by atoms with Crippen LogP contribution >= 0.6 is 0 Å². The van der Waals surface area contributed by atoms with Gasteiger partial charge in [-0.2, -0.15) is 0 Å². The van der Waals surface area contributed by atoms with Crippen molar-refractivity contribution in [3.8, 4) is 0 Å². The van der Waals surface area contributed by atoms with Crippen LogP contribution in [-0.2, 0) is 4.79 Å². The minimum atomic E-state index is -0.842. The van der Waals surface area contributed by atoms with E-state index >= 15 is 0 Å². The van der Waals surface area contributed by atoms with Crippen LogP contribution in [0.1, 0.15) is 54.9 Å². The fourth-order valence-electron chi connectivity index (χ4n) is 2.90. The van der Waals surface area contributed by atoms with E-state index in [0.29, 0.717) is 30.0 Å². The molecule has 2 rings (SSSR count). The maximum absolute atomic E-state index is 12.8. The Balaban J connectivity index is 2.27. The van der Waals surface area contributed by atoms with E-state index in [2.05, 4.69) is 5.16 Å². The van der Waals surface area contributed by atoms with Crippen molar-refractivity contribution in [2.75, 3.05) is 13.1 Å². The van der Waals surface area contributed by atoms with Crippen LogP contribution in [0.25, 0.3) is 0 Å². The van der Waals surface area contributed by atoms with Gasteiger partial charge in [-0.25, -0.2) is 0 Å². The molecule has 0 radical (unpaired) electrons. The van der Waals surface area contributed by atoms with Crippen molar-refractivity contribution in [1.82, 2.24) is 10.1 Å². The third-order valence-electron chi connectivity index (χ3n) is 3.92. The summed E-state index contributed by atoms with van der Waals surface area (Å²) in [6, 6.07) is 0. The zero-order valence-corrected chi connectivity index (χ0v) is 12.9. The number of aromatic nitrogens is 1. The van der Waals surface area contributed by atoms with E-state index in [4.69, 9.17) is 4.52 Å². The standard InChI is InChI=1S/C15H22N2O4/c1-8(2)13-12(10(4)16-21-13)14(18)17-6-9(3)5-11(7-17)15(19)20/h8-9,11H,5-7H2,1-4H3,(H,19,20). The number of carbonyl (C=O) groups is 2. The molecule has 1 N–H and O–H groups in total. The molecule has 0 aliphatic carbocycles. The van der Waals surface area contributed by atoms with Crippen LogP contribution in [0, 0.1) is 18.8 Å². The largest absolute Gasteiger partial charge is 0.481 e. The van der Waals surface area contributed by atoms with Crippen molar-refractivity contribution in [2.24, 2.45) is 11.8 Å². The Kier molecular flexibility index (Phi) is 4.34. The summed E-state index contributed by atoms with van der Waals surface area (Å²) in [6.07, 6.45) is 0.610. The molecule has 0 aromatic carbocycles. The van der Waals surface area contributed by atoms with Gasteiger partial charge in [0.05, 0.1) is 11.6 Å². The minimum Gasteiger partial charge on any atom is -0.481 e. The highest BCUT2D eigenvalue weighted by atomic mass is 16.5. The number of hydrogen-bond acceptors (Lipinski definition) is 4. The maximum Gasteiger partial charge on any atom is 0.308 e. The van der Waals surface area contributed by atoms with E-state index in [0.717, 1.165) is 0 Å². The first-order chi connectivity index (χ1) is 9.81. The van der Waals surface area contributed by atoms with E-state index in [1.54, 1.807) is 11.8 Å². The quantitative estimate of drug-likeness (QED) is 0.924. The molecule has 2 atom stereocenters. The van der Waals surface area contributed by atoms with E-state index < -0.39 is 11.9 Å². The number of nitrogens with zero attached hydrogens (tertiary/aromatic N) is 2. The Bertz CT molecular complexity index is 550. The summed E-state index contributed by atoms with van der Waals surface area (Å²) in [6.45, 7) is 8.42. The molecule has 6 heteroatoms. The minimum absolute atomic E-state index is 0.0580. The van der Waals surface area contributed by atoms with Crippen LogP contribution in [-0.4, -0.2) is 40.1 Å². The molecule has 0 bridgehead atoms. The van der Waals surface area contributed by atoms with E-state index in [9.17, 15) is 14.7 Å². The van der Waals surface area contributed by atoms with E-state index in [1.807, 2.05) is 20.8 Å². The van der Waals surface area contributed by atoms with Crippen molar-refractivity contribution in [3.05, 3.63) is 17.0 Å². The lowest BCUT2D eigenvalue weighted by Crippen LogP contribution is -2.45. The first kappa shape index (κ1) is 15.5. The number of carboxylic acid groups (broad SMARTS) is 1. The Morgan fingerprint density at radius 3 is 2.62 bits per heavy atom. The topological polar surface area (TPSA) is 83.6 Å². The van der Waals surface area contributed by atoms with Crippen LogP contribution in [0.15, 0.2) is 4.52 Å². The van der Waals surface area contributed by atoms with Crippen molar-refractivity contribution in [1.29, 1.82) is 0 Å². The van der Waals surface area contributed by atoms with Gasteiger partial charge in [0, 0.05) is 19.0 Å². The number of hydrogen-bond donors (Lipinski definition) is 1. The summed E-state index contributed by atoms with van der Waals surface area (Å²) in [5.74, 6) is -0.710. The van der Waals surface area contributed by atoms with Gasteiger partial charge in [-0.3, -0.25) is 9.59 Å². The van der Waals surface area contributed by atoms with Gasteiger partial charge in [-0.05, 0) is 19.3 Å². The average molecular weight is 294 g/mol. The summed E-state index contributed by atoms with van der Waals surface area (Å²) in [7, 11) is 0. The van der Waals surface area contributed by atoms with Crippen LogP contribution in [0.5, 0.6) is 0 Å². The van der Waals surface area contributed by atoms with E-state index in [-0.39, 0.29) is 24.3 Å². The predicted molar refractivity (Wildman–Crippen MR) is 76.1 cm³/mol. The second-order valence-corrected chi connectivity index (χ2v) is 6.25. The number of piperidine rings is 1. The molecular formula is C15H22N2O4. The number of aryl methyl sites for hydroxylation is 1. The van der Waals surface area contributed by atoms with E-state index in [1.165, 1.54) is 0 Å². The summed E-state index contributed by atoms with van der Waals surface area (Å²) < 4.78 is 5.26. The molecule has 1 aromatic rings. The normalized spacial score (nSPS) is 22.6. The summed E-state index contributed by atoms with van der Waals surface area (Å²) in [4.78, 5) is 25.6. The van der Waals surface area contributed by atoms with Gasteiger partial charge < -0.3 is 14.5 Å². The number of amides is 1. The molecule has 2 unspecified atom stereocenters. The van der Waals surface area contributed by atoms with Gasteiger partial charge in [-0.15, -0.1) is 0 Å². The number of rotatable bonds is 3. The Morgan fingerprint density at radius 1 is 1.38 bits per heavy atom. The highest BCUT2D eigenvalue weighted by Crippen LogP contribution is 2.27. The van der Waals surface area contributed by atoms with Crippen molar-refractivity contribution < 1.29 is 19.2 Å². The summed E-state index contributed by atoms with van der Waals surface area (Å²) in [5, 5.41) is 13.1. The maximum atomic E-state index is 12.8. The lowest BCUT2D eigenvalue weighted by Gasteiger charge is -2.34. The average Bonchev–Trinajstić information content (AvgIpc) is 2.79. The molecule has 1 aliphatic rings. The van der Waals surface area contributed by atoms with Crippen LogP contribution in [0.2, 0.25) is 0 Å². The molecule has 0 saturated carbocycles. The molecule has 1 fully saturated rings. The number of aliphatic carboxylic acids is 1. The van der Waals surface area contributed by atoms with Gasteiger partial charge in [0.25, 0.3) is 5.91 Å². The lowest BCUT2D eigenvalue weighted by atomic mass is 9.90. The van der Waals surface area contributed by atoms with Gasteiger partial charge in [0.15, 0.2) is 5.76 Å². The third-order valence-corrected chi connectivity index (χ3v) is 3.92. The highest BCUT2D eigenvalue weighted by molar-refractivity contribution is 5.96. The first-order valence-corrected chi connectivity index (χ1v) is 7.29. The van der Waals surface area contributed by atoms with Crippen LogP contribution < -0.4 is 0 Å². The van der Waals surface area contributed by atoms with Crippen LogP contribution in [0.4, 0.5) is 0 Å². The Hall–Kier alpha value is -1.85. The predicted octanol–water partition coefficient (Wildman–Crippen LogP) is 2.29. The molecular weight excluding hydrogens is 272 g/mol. The Morgan fingerprint density at radius 2 is 2.05 bits per heavy atom. The van der Waals surface area contributed by atoms with Gasteiger partial charge in [0.1, 0.15) is 5.56 Å². The molecule has 116 valence electrons. The first-order valence-electron chi connectivity index (χ1n) is 7.29. The number of carboxylic acids is 1. The van der Waals surface area contributed by atoms with Gasteiger partial charge >= 0.3 is 5.97 Å².